The van der Waals surface area contributed by atoms with Crippen LogP contribution < -0.4 is 0 Å². The van der Waals surface area contributed by atoms with Crippen LogP contribution in [0.25, 0.3) is 0 Å². The first kappa shape index (κ1) is 2.34. The lowest BCUT2D eigenvalue weighted by Crippen LogP contribution is -1.69. The molecule has 0 atom stereocenters. The Hall–Kier alpha value is -0.590. The van der Waals surface area contributed by atoms with Gasteiger partial charge in [-0.1, -0.05) is 19.0 Å². The Bertz CT molecular complexity index is 194. The van der Waals surface area contributed by atoms with Gasteiger partial charge in [0.05, 0.1) is 0 Å². The van der Waals surface area contributed by atoms with Crippen molar-refractivity contribution in [3.63, 3.8) is 0 Å². The van der Waals surface area contributed by atoms with Crippen LogP contribution in [0.3, 0.4) is 0 Å². The molecule has 0 unspecified atom stereocenters. The Labute approximate surface area is 57.4 Å². The summed E-state index contributed by atoms with van der Waals surface area (Å²) in [6.07, 6.45) is 1.42. The molecule has 0 aromatic rings. The molecule has 0 saturated heterocycles. The minimum Gasteiger partial charge on any atom is -0.303 e. The Kier molecular flexibility index (Phi) is 1.87. The van der Waals surface area contributed by atoms with E-state index < -0.39 is 13.2 Å². The van der Waals surface area contributed by atoms with Crippen LogP contribution in [-0.4, -0.2) is 6.29 Å². The van der Waals surface area contributed by atoms with Crippen LogP contribution >= 0.6 is 0 Å². The lowest BCUT2D eigenvalue weighted by molar-refractivity contribution is -0.107. The van der Waals surface area contributed by atoms with Gasteiger partial charge >= 0.3 is 0 Å². The van der Waals surface area contributed by atoms with Crippen LogP contribution in [0.4, 0.5) is 0 Å². The standard InChI is InChI=1S/C7H12O/c1-2-3-4-5-6-7-8/h3-4,7H,2,5-6H2,1H3/b4-3-/i1D3,2D2. The molecule has 8 heavy (non-hydrogen) atoms. The average Bonchev–Trinajstić information content (AvgIpc) is 1.96. The first-order chi connectivity index (χ1) is 5.81. The highest BCUT2D eigenvalue weighted by Gasteiger charge is 1.74. The summed E-state index contributed by atoms with van der Waals surface area (Å²) >= 11 is 0. The van der Waals surface area contributed by atoms with Gasteiger partial charge in [0.25, 0.3) is 0 Å². The van der Waals surface area contributed by atoms with Crippen molar-refractivity contribution in [2.24, 2.45) is 0 Å². The maximum atomic E-state index is 9.89. The molecule has 0 radical (unpaired) electrons. The van der Waals surface area contributed by atoms with Crippen LogP contribution in [0.5, 0.6) is 0 Å². The zero-order valence-corrected chi connectivity index (χ0v) is 4.55. The van der Waals surface area contributed by atoms with Crippen molar-refractivity contribution < 1.29 is 11.6 Å². The minimum absolute atomic E-state index is 0.285. The van der Waals surface area contributed by atoms with E-state index in [4.69, 9.17) is 6.85 Å². The van der Waals surface area contributed by atoms with E-state index in [9.17, 15) is 4.79 Å². The van der Waals surface area contributed by atoms with E-state index in [0.717, 1.165) is 6.08 Å². The summed E-state index contributed by atoms with van der Waals surface area (Å²) in [5.74, 6) is 0. The summed E-state index contributed by atoms with van der Waals surface area (Å²) in [5.41, 5.74) is 0. The fraction of sp³-hybridized carbons (Fsp3) is 0.571. The maximum Gasteiger partial charge on any atom is 0.120 e. The van der Waals surface area contributed by atoms with E-state index in [-0.39, 0.29) is 6.42 Å². The predicted molar refractivity (Wildman–Crippen MR) is 34.7 cm³/mol. The summed E-state index contributed by atoms with van der Waals surface area (Å²) in [6.45, 7) is -2.65. The van der Waals surface area contributed by atoms with E-state index in [2.05, 4.69) is 0 Å². The van der Waals surface area contributed by atoms with Gasteiger partial charge in [-0.05, 0) is 12.8 Å². The zero-order chi connectivity index (χ0) is 10.5. The van der Waals surface area contributed by atoms with Crippen LogP contribution in [0, 0.1) is 0 Å². The van der Waals surface area contributed by atoms with E-state index in [1.165, 1.54) is 6.08 Å². The number of aldehydes is 1. The second kappa shape index (κ2) is 6.41. The van der Waals surface area contributed by atoms with Gasteiger partial charge in [0.1, 0.15) is 6.29 Å². The molecule has 1 heteroatoms. The third-order valence-corrected chi connectivity index (χ3v) is 0.652. The number of allylic oxidation sites excluding steroid dienone is 2. The number of hydrogen-bond donors (Lipinski definition) is 0. The number of carbonyl (C=O) groups excluding carboxylic acids is 1. The first-order valence-electron chi connectivity index (χ1n) is 4.92. The molecule has 0 aliphatic rings. The van der Waals surface area contributed by atoms with Crippen molar-refractivity contribution in [1.82, 2.24) is 0 Å². The Morgan fingerprint density at radius 1 is 1.62 bits per heavy atom. The highest BCUT2D eigenvalue weighted by Crippen LogP contribution is 1.87. The molecule has 0 spiro atoms. The van der Waals surface area contributed by atoms with Gasteiger partial charge in [-0.2, -0.15) is 0 Å². The third kappa shape index (κ3) is 5.41. The summed E-state index contributed by atoms with van der Waals surface area (Å²) in [4.78, 5) is 9.89. The van der Waals surface area contributed by atoms with E-state index in [1.807, 2.05) is 0 Å². The number of hydrogen-bond acceptors (Lipinski definition) is 1. The van der Waals surface area contributed by atoms with E-state index in [1.54, 1.807) is 0 Å². The molecule has 0 rings (SSSR count). The third-order valence-electron chi connectivity index (χ3n) is 0.652. The second-order valence-corrected chi connectivity index (χ2v) is 1.29. The fourth-order valence-electron chi connectivity index (χ4n) is 0.307. The van der Waals surface area contributed by atoms with Crippen LogP contribution in [0.1, 0.15) is 32.9 Å². The molecular weight excluding hydrogens is 100 g/mol. The van der Waals surface area contributed by atoms with Gasteiger partial charge in [0, 0.05) is 13.3 Å². The largest absolute Gasteiger partial charge is 0.303 e. The van der Waals surface area contributed by atoms with Crippen molar-refractivity contribution in [2.45, 2.75) is 26.1 Å². The molecule has 0 aliphatic heterocycles. The summed E-state index contributed by atoms with van der Waals surface area (Å²) in [5, 5.41) is 0. The summed E-state index contributed by atoms with van der Waals surface area (Å²) in [6, 6.07) is 0. The van der Waals surface area contributed by atoms with Gasteiger partial charge in [0.2, 0.25) is 0 Å². The van der Waals surface area contributed by atoms with Crippen molar-refractivity contribution >= 4 is 6.29 Å². The highest BCUT2D eigenvalue weighted by atomic mass is 16.1. The van der Waals surface area contributed by atoms with E-state index >= 15 is 0 Å². The SMILES string of the molecule is [2H]C([2H])([2H])C([2H])([2H])/C=C\CCC=O. The lowest BCUT2D eigenvalue weighted by atomic mass is 10.3. The molecule has 46 valence electrons. The van der Waals surface area contributed by atoms with Crippen molar-refractivity contribution in [3.05, 3.63) is 12.2 Å². The normalized spacial score (nSPS) is 22.8. The topological polar surface area (TPSA) is 17.1 Å². The van der Waals surface area contributed by atoms with Gasteiger partial charge in [-0.25, -0.2) is 0 Å². The van der Waals surface area contributed by atoms with Gasteiger partial charge in [0.15, 0.2) is 0 Å². The van der Waals surface area contributed by atoms with Crippen molar-refractivity contribution in [1.29, 1.82) is 0 Å². The van der Waals surface area contributed by atoms with Gasteiger partial charge in [-0.3, -0.25) is 0 Å². The lowest BCUT2D eigenvalue weighted by Gasteiger charge is -1.79. The molecule has 0 fully saturated rings. The molecule has 0 bridgehead atoms. The highest BCUT2D eigenvalue weighted by molar-refractivity contribution is 5.49. The molecule has 0 N–H and O–H groups in total. The monoisotopic (exact) mass is 117 g/mol. The molecule has 0 saturated carbocycles. The second-order valence-electron chi connectivity index (χ2n) is 1.29. The molecule has 0 amide bonds. The summed E-state index contributed by atoms with van der Waals surface area (Å²) < 4.78 is 34.8. The Morgan fingerprint density at radius 2 is 2.50 bits per heavy atom. The number of carbonyl (C=O) groups is 1. The number of rotatable bonds is 4. The molecular formula is C7H12O. The fourth-order valence-corrected chi connectivity index (χ4v) is 0.307. The zero-order valence-electron chi connectivity index (χ0n) is 9.55. The average molecular weight is 117 g/mol. The maximum absolute atomic E-state index is 9.89. The van der Waals surface area contributed by atoms with E-state index in [0.29, 0.717) is 12.7 Å². The summed E-state index contributed by atoms with van der Waals surface area (Å²) in [7, 11) is 0. The van der Waals surface area contributed by atoms with Crippen molar-refractivity contribution in [3.8, 4) is 0 Å². The minimum atomic E-state index is -2.65. The molecule has 0 aromatic carbocycles. The van der Waals surface area contributed by atoms with Crippen LogP contribution in [0.2, 0.25) is 0 Å². The van der Waals surface area contributed by atoms with Crippen LogP contribution in [0.15, 0.2) is 12.2 Å². The van der Waals surface area contributed by atoms with Crippen molar-refractivity contribution in [2.75, 3.05) is 0 Å². The quantitative estimate of drug-likeness (QED) is 0.312. The molecule has 0 aromatic heterocycles. The Morgan fingerprint density at radius 3 is 3.12 bits per heavy atom. The Balaban J connectivity index is 4.16. The molecule has 0 heterocycles. The molecule has 1 nitrogen and oxygen atoms in total. The van der Waals surface area contributed by atoms with Gasteiger partial charge in [-0.15, -0.1) is 0 Å². The predicted octanol–water partition coefficient (Wildman–Crippen LogP) is 1.93. The van der Waals surface area contributed by atoms with Gasteiger partial charge < -0.3 is 4.79 Å². The van der Waals surface area contributed by atoms with Crippen LogP contribution in [-0.2, 0) is 4.79 Å². The first-order valence-corrected chi connectivity index (χ1v) is 2.42. The number of unbranched alkanes of at least 4 members (excludes halogenated alkanes) is 1. The molecule has 0 aliphatic carbocycles. The smallest absolute Gasteiger partial charge is 0.120 e.